The van der Waals surface area contributed by atoms with Crippen LogP contribution in [0.1, 0.15) is 33.1 Å². The molecule has 2 amide bonds. The molecule has 0 aromatic heterocycles. The van der Waals surface area contributed by atoms with Gasteiger partial charge in [0.25, 0.3) is 0 Å². The number of carbonyl (C=O) groups excluding carboxylic acids is 2. The summed E-state index contributed by atoms with van der Waals surface area (Å²) in [6.07, 6.45) is 2.43. The van der Waals surface area contributed by atoms with Crippen LogP contribution >= 0.6 is 15.9 Å². The normalized spacial score (nSPS) is 35.3. The molecule has 3 rings (SSSR count). The van der Waals surface area contributed by atoms with E-state index in [1.54, 1.807) is 11.0 Å². The van der Waals surface area contributed by atoms with Gasteiger partial charge in [0.1, 0.15) is 11.6 Å². The molecule has 1 spiro atoms. The Morgan fingerprint density at radius 2 is 2.14 bits per heavy atom. The zero-order valence-corrected chi connectivity index (χ0v) is 18.4. The number of aliphatic hydroxyl groups is 1. The van der Waals surface area contributed by atoms with Gasteiger partial charge in [0, 0.05) is 30.6 Å². The van der Waals surface area contributed by atoms with Crippen molar-refractivity contribution < 1.29 is 29.3 Å². The Balaban J connectivity index is 2.04. The molecule has 3 aliphatic rings. The van der Waals surface area contributed by atoms with Crippen molar-refractivity contribution in [2.75, 3.05) is 19.7 Å². The highest BCUT2D eigenvalue weighted by atomic mass is 79.9. The van der Waals surface area contributed by atoms with E-state index in [1.807, 2.05) is 13.8 Å². The number of carbonyl (C=O) groups is 3. The zero-order valence-electron chi connectivity index (χ0n) is 16.8. The van der Waals surface area contributed by atoms with Gasteiger partial charge in [-0.25, -0.2) is 0 Å². The number of aliphatic carboxylic acids is 1. The molecule has 3 heterocycles. The summed E-state index contributed by atoms with van der Waals surface area (Å²) in [4.78, 5) is 41.9. The molecule has 2 N–H and O–H groups in total. The Bertz CT molecular complexity index is 700. The predicted octanol–water partition coefficient (Wildman–Crippen LogP) is 1.01. The first-order valence-corrected chi connectivity index (χ1v) is 11.0. The summed E-state index contributed by atoms with van der Waals surface area (Å²) in [5, 5.41) is 18.9. The Morgan fingerprint density at radius 1 is 1.45 bits per heavy atom. The van der Waals surface area contributed by atoms with Crippen molar-refractivity contribution in [3.63, 3.8) is 0 Å². The number of hydrogen-bond acceptors (Lipinski definition) is 5. The summed E-state index contributed by atoms with van der Waals surface area (Å²) in [5.41, 5.74) is -1.15. The number of carboxylic acids is 1. The van der Waals surface area contributed by atoms with Crippen LogP contribution in [0.5, 0.6) is 0 Å². The lowest BCUT2D eigenvalue weighted by Crippen LogP contribution is -2.58. The van der Waals surface area contributed by atoms with Crippen LogP contribution in [0.4, 0.5) is 0 Å². The number of carboxylic acid groups (broad SMARTS) is 1. The number of ether oxygens (including phenoxy) is 1. The molecule has 29 heavy (non-hydrogen) atoms. The summed E-state index contributed by atoms with van der Waals surface area (Å²) in [7, 11) is 0. The molecule has 0 aromatic rings. The molecule has 0 radical (unpaired) electrons. The van der Waals surface area contributed by atoms with Gasteiger partial charge in [-0.1, -0.05) is 22.0 Å². The standard InChI is InChI=1S/C20H29BrN2O6/c1-4-7-22(11(2)3)18(26)16-20-10-12(21)15(29-20)13(19(27)28)14(20)17(25)23(16)8-5-6-9-24/h4,11-16,24H,1,5-10H2,2-3H3,(H,27,28)/t12?,13-,14-,15-,16?,20?/m0/s1. The Morgan fingerprint density at radius 3 is 2.69 bits per heavy atom. The lowest BCUT2D eigenvalue weighted by atomic mass is 9.70. The first-order valence-electron chi connectivity index (χ1n) is 10.1. The van der Waals surface area contributed by atoms with E-state index in [0.29, 0.717) is 25.8 Å². The van der Waals surface area contributed by atoms with Crippen molar-refractivity contribution in [2.45, 2.75) is 61.7 Å². The fraction of sp³-hybridized carbons (Fsp3) is 0.750. The van der Waals surface area contributed by atoms with Crippen molar-refractivity contribution in [1.82, 2.24) is 9.80 Å². The number of halogens is 1. The fourth-order valence-corrected chi connectivity index (χ4v) is 6.12. The van der Waals surface area contributed by atoms with Crippen molar-refractivity contribution in [3.8, 4) is 0 Å². The van der Waals surface area contributed by atoms with E-state index in [4.69, 9.17) is 9.84 Å². The average Bonchev–Trinajstić information content (AvgIpc) is 3.23. The largest absolute Gasteiger partial charge is 0.481 e. The minimum absolute atomic E-state index is 0.0103. The number of likely N-dealkylation sites (tertiary alicyclic amines) is 1. The van der Waals surface area contributed by atoms with E-state index in [9.17, 15) is 19.5 Å². The van der Waals surface area contributed by atoms with Crippen LogP contribution in [-0.4, -0.2) is 86.1 Å². The number of hydrogen-bond donors (Lipinski definition) is 2. The van der Waals surface area contributed by atoms with Crippen LogP contribution in [-0.2, 0) is 19.1 Å². The second kappa shape index (κ2) is 8.35. The third kappa shape index (κ3) is 3.41. The number of alkyl halides is 1. The van der Waals surface area contributed by atoms with Gasteiger partial charge in [-0.3, -0.25) is 14.4 Å². The maximum atomic E-state index is 13.7. The fourth-order valence-electron chi connectivity index (χ4n) is 5.18. The monoisotopic (exact) mass is 472 g/mol. The molecule has 0 aliphatic carbocycles. The van der Waals surface area contributed by atoms with E-state index in [-0.39, 0.29) is 35.8 Å². The highest BCUT2D eigenvalue weighted by molar-refractivity contribution is 9.09. The molecule has 6 atom stereocenters. The lowest BCUT2D eigenvalue weighted by Gasteiger charge is -2.38. The van der Waals surface area contributed by atoms with Crippen molar-refractivity contribution >= 4 is 33.7 Å². The Kier molecular flexibility index (Phi) is 6.41. The molecule has 3 unspecified atom stereocenters. The van der Waals surface area contributed by atoms with E-state index in [1.165, 1.54) is 4.90 Å². The zero-order chi connectivity index (χ0) is 21.5. The van der Waals surface area contributed by atoms with Gasteiger partial charge < -0.3 is 24.7 Å². The minimum atomic E-state index is -1.15. The molecule has 9 heteroatoms. The number of rotatable bonds is 9. The molecule has 3 saturated heterocycles. The van der Waals surface area contributed by atoms with E-state index >= 15 is 0 Å². The van der Waals surface area contributed by atoms with Crippen LogP contribution in [0.25, 0.3) is 0 Å². The number of unbranched alkanes of at least 4 members (excludes halogenated alkanes) is 1. The van der Waals surface area contributed by atoms with E-state index in [0.717, 1.165) is 0 Å². The second-order valence-electron chi connectivity index (χ2n) is 8.34. The molecule has 3 fully saturated rings. The quantitative estimate of drug-likeness (QED) is 0.294. The summed E-state index contributed by atoms with van der Waals surface area (Å²) >= 11 is 3.52. The van der Waals surface area contributed by atoms with Crippen molar-refractivity contribution in [2.24, 2.45) is 11.8 Å². The molecule has 2 bridgehead atoms. The SMILES string of the molecule is C=CCN(C(=O)C1N(CCCCO)C(=O)[C@@H]2[C@H](C(=O)O)[C@H]3OC12CC3Br)C(C)C. The third-order valence-corrected chi connectivity index (χ3v) is 7.19. The van der Waals surface area contributed by atoms with Gasteiger partial charge >= 0.3 is 5.97 Å². The van der Waals surface area contributed by atoms with Crippen molar-refractivity contribution in [3.05, 3.63) is 12.7 Å². The molecule has 162 valence electrons. The van der Waals surface area contributed by atoms with Crippen LogP contribution < -0.4 is 0 Å². The Hall–Kier alpha value is -1.45. The lowest BCUT2D eigenvalue weighted by molar-refractivity contribution is -0.151. The van der Waals surface area contributed by atoms with E-state index < -0.39 is 35.6 Å². The smallest absolute Gasteiger partial charge is 0.310 e. The first kappa shape index (κ1) is 22.2. The maximum absolute atomic E-state index is 13.7. The number of amides is 2. The van der Waals surface area contributed by atoms with Gasteiger partial charge in [0.2, 0.25) is 11.8 Å². The van der Waals surface area contributed by atoms with Gasteiger partial charge in [0.15, 0.2) is 0 Å². The highest BCUT2D eigenvalue weighted by Crippen LogP contribution is 2.60. The average molecular weight is 473 g/mol. The van der Waals surface area contributed by atoms with Gasteiger partial charge in [-0.05, 0) is 33.1 Å². The minimum Gasteiger partial charge on any atom is -0.481 e. The van der Waals surface area contributed by atoms with Crippen LogP contribution in [0.15, 0.2) is 12.7 Å². The summed E-state index contributed by atoms with van der Waals surface area (Å²) in [5.74, 6) is -3.51. The van der Waals surface area contributed by atoms with Gasteiger partial charge in [-0.2, -0.15) is 0 Å². The molecule has 8 nitrogen and oxygen atoms in total. The summed E-state index contributed by atoms with van der Waals surface area (Å²) < 4.78 is 6.21. The summed E-state index contributed by atoms with van der Waals surface area (Å²) in [6.45, 7) is 8.11. The highest BCUT2D eigenvalue weighted by Gasteiger charge is 2.76. The molecule has 3 aliphatic heterocycles. The molecule has 0 aromatic carbocycles. The van der Waals surface area contributed by atoms with E-state index in [2.05, 4.69) is 22.5 Å². The molecular formula is C20H29BrN2O6. The van der Waals surface area contributed by atoms with Crippen molar-refractivity contribution in [1.29, 1.82) is 0 Å². The van der Waals surface area contributed by atoms with Crippen LogP contribution in [0, 0.1) is 11.8 Å². The second-order valence-corrected chi connectivity index (χ2v) is 9.51. The topological polar surface area (TPSA) is 107 Å². The third-order valence-electron chi connectivity index (χ3n) is 6.35. The predicted molar refractivity (Wildman–Crippen MR) is 108 cm³/mol. The maximum Gasteiger partial charge on any atom is 0.310 e. The first-order chi connectivity index (χ1) is 13.7. The Labute approximate surface area is 179 Å². The number of nitrogens with zero attached hydrogens (tertiary/aromatic N) is 2. The van der Waals surface area contributed by atoms with Crippen LogP contribution in [0.2, 0.25) is 0 Å². The molecule has 0 saturated carbocycles. The number of fused-ring (bicyclic) bond motifs is 1. The van der Waals surface area contributed by atoms with Gasteiger partial charge in [-0.15, -0.1) is 6.58 Å². The van der Waals surface area contributed by atoms with Crippen LogP contribution in [0.3, 0.4) is 0 Å². The number of aliphatic hydroxyl groups excluding tert-OH is 1. The van der Waals surface area contributed by atoms with Gasteiger partial charge in [0.05, 0.1) is 17.9 Å². The summed E-state index contributed by atoms with van der Waals surface area (Å²) in [6, 6.07) is -0.991. The molecular weight excluding hydrogens is 444 g/mol.